The first-order chi connectivity index (χ1) is 10.3. The van der Waals surface area contributed by atoms with Crippen LogP contribution < -0.4 is 5.73 Å². The van der Waals surface area contributed by atoms with Crippen LogP contribution in [0.25, 0.3) is 11.3 Å². The summed E-state index contributed by atoms with van der Waals surface area (Å²) in [7, 11) is 0. The molecule has 0 atom stereocenters. The molecule has 0 amide bonds. The van der Waals surface area contributed by atoms with E-state index in [2.05, 4.69) is 48.4 Å². The lowest BCUT2D eigenvalue weighted by Gasteiger charge is -2.08. The molecule has 0 aliphatic carbocycles. The fourth-order valence-corrected chi connectivity index (χ4v) is 2.54. The summed E-state index contributed by atoms with van der Waals surface area (Å²) in [6.45, 7) is 5.68. The van der Waals surface area contributed by atoms with E-state index < -0.39 is 0 Å². The molecule has 0 unspecified atom stereocenters. The summed E-state index contributed by atoms with van der Waals surface area (Å²) in [4.78, 5) is 0. The first-order valence-electron chi connectivity index (χ1n) is 7.95. The van der Waals surface area contributed by atoms with Crippen LogP contribution in [-0.2, 0) is 13.1 Å². The molecule has 4 nitrogen and oxygen atoms in total. The molecule has 4 heteroatoms. The summed E-state index contributed by atoms with van der Waals surface area (Å²) in [6.07, 6.45) is 6.28. The van der Waals surface area contributed by atoms with Gasteiger partial charge in [0.1, 0.15) is 5.69 Å². The van der Waals surface area contributed by atoms with Gasteiger partial charge in [-0.25, -0.2) is 4.68 Å². The van der Waals surface area contributed by atoms with Crippen molar-refractivity contribution in [2.24, 2.45) is 5.73 Å². The van der Waals surface area contributed by atoms with E-state index >= 15 is 0 Å². The quantitative estimate of drug-likeness (QED) is 0.753. The minimum absolute atomic E-state index is 0.430. The zero-order valence-electron chi connectivity index (χ0n) is 13.2. The molecule has 0 saturated carbocycles. The number of benzene rings is 1. The van der Waals surface area contributed by atoms with E-state index in [4.69, 9.17) is 5.73 Å². The first-order valence-corrected chi connectivity index (χ1v) is 7.95. The Balaban J connectivity index is 2.11. The van der Waals surface area contributed by atoms with E-state index in [-0.39, 0.29) is 0 Å². The Morgan fingerprint density at radius 1 is 1.05 bits per heavy atom. The second-order valence-electron chi connectivity index (χ2n) is 5.59. The Morgan fingerprint density at radius 3 is 2.43 bits per heavy atom. The zero-order valence-corrected chi connectivity index (χ0v) is 13.2. The van der Waals surface area contributed by atoms with Crippen LogP contribution in [0.2, 0.25) is 0 Å². The highest BCUT2D eigenvalue weighted by Gasteiger charge is 2.13. The molecule has 1 aromatic heterocycles. The number of aryl methyl sites for hydroxylation is 2. The number of nitrogens with two attached hydrogens (primary N) is 1. The monoisotopic (exact) mass is 286 g/mol. The lowest BCUT2D eigenvalue weighted by Crippen LogP contribution is -2.05. The van der Waals surface area contributed by atoms with Gasteiger partial charge in [-0.3, -0.25) is 0 Å². The molecule has 0 radical (unpaired) electrons. The average molecular weight is 286 g/mol. The lowest BCUT2D eigenvalue weighted by molar-refractivity contribution is 0.524. The topological polar surface area (TPSA) is 56.7 Å². The van der Waals surface area contributed by atoms with Crippen LogP contribution in [0.1, 0.15) is 50.3 Å². The maximum atomic E-state index is 5.81. The predicted molar refractivity (Wildman–Crippen MR) is 86.8 cm³/mol. The third kappa shape index (κ3) is 4.14. The second kappa shape index (κ2) is 7.93. The number of unbranched alkanes of at least 4 members (excludes halogenated alkanes) is 4. The van der Waals surface area contributed by atoms with Crippen molar-refractivity contribution in [3.63, 3.8) is 0 Å². The fourth-order valence-electron chi connectivity index (χ4n) is 2.54. The maximum Gasteiger partial charge on any atom is 0.104 e. The zero-order chi connectivity index (χ0) is 15.1. The normalized spacial score (nSPS) is 11.0. The molecule has 2 rings (SSSR count). The standard InChI is InChI=1S/C17H26N4/c1-3-4-5-6-7-12-21-17(16(13-18)19-20-21)15-10-8-14(2)9-11-15/h8-11H,3-7,12-13,18H2,1-2H3. The van der Waals surface area contributed by atoms with E-state index in [0.717, 1.165) is 29.9 Å². The van der Waals surface area contributed by atoms with Crippen LogP contribution in [0, 0.1) is 6.92 Å². The van der Waals surface area contributed by atoms with Gasteiger partial charge in [-0.2, -0.15) is 0 Å². The Bertz CT molecular complexity index is 542. The summed E-state index contributed by atoms with van der Waals surface area (Å²) in [5.74, 6) is 0. The molecule has 0 spiro atoms. The van der Waals surface area contributed by atoms with Crippen LogP contribution in [0.15, 0.2) is 24.3 Å². The summed E-state index contributed by atoms with van der Waals surface area (Å²) in [5.41, 5.74) is 10.2. The smallest absolute Gasteiger partial charge is 0.104 e. The summed E-state index contributed by atoms with van der Waals surface area (Å²) < 4.78 is 2.01. The predicted octanol–water partition coefficient (Wildman–Crippen LogP) is 3.68. The van der Waals surface area contributed by atoms with Crippen LogP contribution >= 0.6 is 0 Å². The van der Waals surface area contributed by atoms with Crippen molar-refractivity contribution < 1.29 is 0 Å². The van der Waals surface area contributed by atoms with E-state index in [9.17, 15) is 0 Å². The Morgan fingerprint density at radius 2 is 1.76 bits per heavy atom. The molecule has 0 aliphatic heterocycles. The van der Waals surface area contributed by atoms with Crippen molar-refractivity contribution in [2.75, 3.05) is 0 Å². The molecular formula is C17H26N4. The average Bonchev–Trinajstić information content (AvgIpc) is 2.91. The molecular weight excluding hydrogens is 260 g/mol. The highest BCUT2D eigenvalue weighted by molar-refractivity contribution is 5.62. The number of hydrogen-bond acceptors (Lipinski definition) is 3. The number of hydrogen-bond donors (Lipinski definition) is 1. The molecule has 0 fully saturated rings. The Kier molecular flexibility index (Phi) is 5.93. The van der Waals surface area contributed by atoms with Crippen LogP contribution in [0.5, 0.6) is 0 Å². The van der Waals surface area contributed by atoms with Crippen molar-refractivity contribution in [1.82, 2.24) is 15.0 Å². The van der Waals surface area contributed by atoms with Crippen molar-refractivity contribution in [3.8, 4) is 11.3 Å². The van der Waals surface area contributed by atoms with Crippen molar-refractivity contribution in [1.29, 1.82) is 0 Å². The number of nitrogens with zero attached hydrogens (tertiary/aromatic N) is 3. The lowest BCUT2D eigenvalue weighted by atomic mass is 10.1. The van der Waals surface area contributed by atoms with Gasteiger partial charge in [0.15, 0.2) is 0 Å². The van der Waals surface area contributed by atoms with Crippen molar-refractivity contribution in [2.45, 2.75) is 59.0 Å². The van der Waals surface area contributed by atoms with E-state index in [1.165, 1.54) is 31.2 Å². The molecule has 0 aliphatic rings. The number of aromatic nitrogens is 3. The van der Waals surface area contributed by atoms with Gasteiger partial charge in [-0.15, -0.1) is 5.10 Å². The number of rotatable bonds is 8. The van der Waals surface area contributed by atoms with E-state index in [1.54, 1.807) is 0 Å². The molecule has 21 heavy (non-hydrogen) atoms. The molecule has 1 aromatic carbocycles. The van der Waals surface area contributed by atoms with Gasteiger partial charge >= 0.3 is 0 Å². The molecule has 0 saturated heterocycles. The third-order valence-electron chi connectivity index (χ3n) is 3.80. The molecule has 0 bridgehead atoms. The van der Waals surface area contributed by atoms with E-state index in [0.29, 0.717) is 6.54 Å². The maximum absolute atomic E-state index is 5.81. The van der Waals surface area contributed by atoms with Gasteiger partial charge in [0.25, 0.3) is 0 Å². The van der Waals surface area contributed by atoms with Gasteiger partial charge < -0.3 is 5.73 Å². The van der Waals surface area contributed by atoms with Gasteiger partial charge in [-0.1, -0.05) is 67.6 Å². The minimum Gasteiger partial charge on any atom is -0.325 e. The second-order valence-corrected chi connectivity index (χ2v) is 5.59. The highest BCUT2D eigenvalue weighted by atomic mass is 15.4. The van der Waals surface area contributed by atoms with Crippen LogP contribution in [0.3, 0.4) is 0 Å². The highest BCUT2D eigenvalue weighted by Crippen LogP contribution is 2.23. The largest absolute Gasteiger partial charge is 0.325 e. The minimum atomic E-state index is 0.430. The first kappa shape index (κ1) is 15.7. The van der Waals surface area contributed by atoms with Gasteiger partial charge in [0.05, 0.1) is 5.69 Å². The van der Waals surface area contributed by atoms with Gasteiger partial charge in [0, 0.05) is 18.7 Å². The van der Waals surface area contributed by atoms with E-state index in [1.807, 2.05) is 4.68 Å². The summed E-state index contributed by atoms with van der Waals surface area (Å²) >= 11 is 0. The fraction of sp³-hybridized carbons (Fsp3) is 0.529. The van der Waals surface area contributed by atoms with Crippen molar-refractivity contribution in [3.05, 3.63) is 35.5 Å². The Hall–Kier alpha value is -1.68. The van der Waals surface area contributed by atoms with Gasteiger partial charge in [-0.05, 0) is 13.3 Å². The van der Waals surface area contributed by atoms with Crippen LogP contribution in [-0.4, -0.2) is 15.0 Å². The summed E-state index contributed by atoms with van der Waals surface area (Å²) in [5, 5.41) is 8.53. The van der Waals surface area contributed by atoms with Crippen LogP contribution in [0.4, 0.5) is 0 Å². The molecule has 2 N–H and O–H groups in total. The van der Waals surface area contributed by atoms with Crippen molar-refractivity contribution >= 4 is 0 Å². The van der Waals surface area contributed by atoms with Gasteiger partial charge in [0.2, 0.25) is 0 Å². The SMILES string of the molecule is CCCCCCCn1nnc(CN)c1-c1ccc(C)cc1. The molecule has 114 valence electrons. The summed E-state index contributed by atoms with van der Waals surface area (Å²) in [6, 6.07) is 8.49. The molecule has 1 heterocycles. The third-order valence-corrected chi connectivity index (χ3v) is 3.80. The Labute approximate surface area is 127 Å². The molecule has 2 aromatic rings.